The largest absolute Gasteiger partial charge is 0.464 e. The second kappa shape index (κ2) is 4.80. The molecule has 94 valence electrons. The maximum atomic E-state index is 11.2. The number of hydrogen-bond donors (Lipinski definition) is 0. The summed E-state index contributed by atoms with van der Waals surface area (Å²) in [4.78, 5) is 11.2. The van der Waals surface area contributed by atoms with Crippen LogP contribution in [0, 0.1) is 0 Å². The van der Waals surface area contributed by atoms with Crippen molar-refractivity contribution in [1.29, 1.82) is 0 Å². The predicted molar refractivity (Wildman–Crippen MR) is 56.3 cm³/mol. The molecule has 1 aliphatic heterocycles. The van der Waals surface area contributed by atoms with Gasteiger partial charge in [-0.25, -0.2) is 4.79 Å². The Morgan fingerprint density at radius 2 is 2.29 bits per heavy atom. The molecule has 0 aliphatic carbocycles. The van der Waals surface area contributed by atoms with Gasteiger partial charge in [0, 0.05) is 13.0 Å². The van der Waals surface area contributed by atoms with Crippen LogP contribution in [0.4, 0.5) is 0 Å². The van der Waals surface area contributed by atoms with E-state index in [2.05, 4.69) is 15.0 Å². The van der Waals surface area contributed by atoms with Crippen LogP contribution in [0.2, 0.25) is 0 Å². The molecule has 0 saturated carbocycles. The van der Waals surface area contributed by atoms with Gasteiger partial charge in [0.15, 0.2) is 11.5 Å². The lowest BCUT2D eigenvalue weighted by Gasteiger charge is -2.21. The molecular formula is C10H15N3O4. The highest BCUT2D eigenvalue weighted by Crippen LogP contribution is 2.22. The normalized spacial score (nSPS) is 18.2. The molecule has 1 aromatic rings. The van der Waals surface area contributed by atoms with Crippen molar-refractivity contribution in [2.75, 3.05) is 20.3 Å². The van der Waals surface area contributed by atoms with Gasteiger partial charge in [-0.2, -0.15) is 0 Å². The van der Waals surface area contributed by atoms with E-state index in [9.17, 15) is 4.79 Å². The van der Waals surface area contributed by atoms with Crippen molar-refractivity contribution in [1.82, 2.24) is 15.0 Å². The molecule has 0 atom stereocenters. The molecule has 0 amide bonds. The minimum absolute atomic E-state index is 0.200. The molecule has 0 aromatic carbocycles. The molecule has 1 saturated heterocycles. The van der Waals surface area contributed by atoms with Crippen molar-refractivity contribution in [3.8, 4) is 0 Å². The maximum absolute atomic E-state index is 11.2. The quantitative estimate of drug-likeness (QED) is 0.702. The molecule has 1 fully saturated rings. The van der Waals surface area contributed by atoms with E-state index in [1.54, 1.807) is 10.9 Å². The third-order valence-corrected chi connectivity index (χ3v) is 2.63. The number of methoxy groups -OCH3 is 1. The van der Waals surface area contributed by atoms with Gasteiger partial charge in [0.05, 0.1) is 26.5 Å². The Morgan fingerprint density at radius 3 is 2.94 bits per heavy atom. The second-order valence-corrected chi connectivity index (χ2v) is 3.94. The fraction of sp³-hybridized carbons (Fsp3) is 0.700. The standard InChI is InChI=1S/C10H15N3O4/c1-10(16-5-6-17-10)3-4-13-7-8(11-12-13)9(14)15-2/h7H,3-6H2,1-2H3. The van der Waals surface area contributed by atoms with E-state index >= 15 is 0 Å². The second-order valence-electron chi connectivity index (χ2n) is 3.94. The number of aromatic nitrogens is 3. The van der Waals surface area contributed by atoms with E-state index < -0.39 is 11.8 Å². The highest BCUT2D eigenvalue weighted by atomic mass is 16.7. The molecule has 1 aromatic heterocycles. The summed E-state index contributed by atoms with van der Waals surface area (Å²) in [5, 5.41) is 7.54. The third-order valence-electron chi connectivity index (χ3n) is 2.63. The molecule has 7 heteroatoms. The molecule has 0 spiro atoms. The molecule has 0 radical (unpaired) electrons. The third kappa shape index (κ3) is 2.80. The number of hydrogen-bond acceptors (Lipinski definition) is 6. The first kappa shape index (κ1) is 12.0. The van der Waals surface area contributed by atoms with Gasteiger partial charge in [-0.05, 0) is 6.92 Å². The summed E-state index contributed by atoms with van der Waals surface area (Å²) < 4.78 is 17.0. The van der Waals surface area contributed by atoms with Crippen molar-refractivity contribution in [3.05, 3.63) is 11.9 Å². The van der Waals surface area contributed by atoms with Gasteiger partial charge in [-0.3, -0.25) is 4.68 Å². The van der Waals surface area contributed by atoms with Gasteiger partial charge in [0.25, 0.3) is 0 Å². The predicted octanol–water partition coefficient (Wildman–Crippen LogP) is 0.218. The van der Waals surface area contributed by atoms with Crippen LogP contribution in [-0.2, 0) is 20.8 Å². The summed E-state index contributed by atoms with van der Waals surface area (Å²) in [5.74, 6) is -1.05. The zero-order valence-corrected chi connectivity index (χ0v) is 9.88. The lowest BCUT2D eigenvalue weighted by molar-refractivity contribution is -0.148. The average molecular weight is 241 g/mol. The summed E-state index contributed by atoms with van der Waals surface area (Å²) >= 11 is 0. The monoisotopic (exact) mass is 241 g/mol. The lowest BCUT2D eigenvalue weighted by Crippen LogP contribution is -2.27. The fourth-order valence-electron chi connectivity index (χ4n) is 1.62. The van der Waals surface area contributed by atoms with Crippen LogP contribution in [0.3, 0.4) is 0 Å². The topological polar surface area (TPSA) is 75.5 Å². The minimum Gasteiger partial charge on any atom is -0.464 e. The lowest BCUT2D eigenvalue weighted by atomic mass is 10.2. The Kier molecular flexibility index (Phi) is 3.39. The summed E-state index contributed by atoms with van der Waals surface area (Å²) in [6.07, 6.45) is 2.20. The first-order valence-electron chi connectivity index (χ1n) is 5.39. The summed E-state index contributed by atoms with van der Waals surface area (Å²) in [6, 6.07) is 0. The highest BCUT2D eigenvalue weighted by molar-refractivity contribution is 5.86. The van der Waals surface area contributed by atoms with Crippen LogP contribution < -0.4 is 0 Å². The molecule has 2 heterocycles. The zero-order valence-electron chi connectivity index (χ0n) is 9.88. The van der Waals surface area contributed by atoms with Crippen molar-refractivity contribution in [3.63, 3.8) is 0 Å². The zero-order chi connectivity index (χ0) is 12.3. The van der Waals surface area contributed by atoms with E-state index in [1.807, 2.05) is 6.92 Å². The molecule has 2 rings (SSSR count). The number of esters is 1. The molecule has 1 aliphatic rings. The van der Waals surface area contributed by atoms with Gasteiger partial charge >= 0.3 is 5.97 Å². The highest BCUT2D eigenvalue weighted by Gasteiger charge is 2.30. The van der Waals surface area contributed by atoms with Crippen molar-refractivity contribution in [2.24, 2.45) is 0 Å². The van der Waals surface area contributed by atoms with E-state index in [1.165, 1.54) is 7.11 Å². The van der Waals surface area contributed by atoms with Crippen LogP contribution in [0.15, 0.2) is 6.20 Å². The van der Waals surface area contributed by atoms with Crippen LogP contribution >= 0.6 is 0 Å². The van der Waals surface area contributed by atoms with E-state index in [0.29, 0.717) is 26.2 Å². The first-order chi connectivity index (χ1) is 8.13. The Bertz CT molecular complexity index is 398. The molecule has 0 N–H and O–H groups in total. The van der Waals surface area contributed by atoms with Gasteiger partial charge in [-0.1, -0.05) is 5.21 Å². The van der Waals surface area contributed by atoms with Gasteiger partial charge in [0.1, 0.15) is 0 Å². The number of aryl methyl sites for hydroxylation is 1. The van der Waals surface area contributed by atoms with Gasteiger partial charge in [0.2, 0.25) is 0 Å². The Hall–Kier alpha value is -1.47. The van der Waals surface area contributed by atoms with Crippen LogP contribution in [0.25, 0.3) is 0 Å². The Balaban J connectivity index is 1.91. The maximum Gasteiger partial charge on any atom is 0.360 e. The molecule has 17 heavy (non-hydrogen) atoms. The van der Waals surface area contributed by atoms with Crippen molar-refractivity contribution < 1.29 is 19.0 Å². The number of carbonyl (C=O) groups excluding carboxylic acids is 1. The van der Waals surface area contributed by atoms with Crippen LogP contribution in [0.1, 0.15) is 23.8 Å². The molecule has 0 bridgehead atoms. The average Bonchev–Trinajstić information content (AvgIpc) is 2.95. The molecule has 7 nitrogen and oxygen atoms in total. The number of rotatable bonds is 4. The van der Waals surface area contributed by atoms with Gasteiger partial charge in [-0.15, -0.1) is 5.10 Å². The van der Waals surface area contributed by atoms with E-state index in [4.69, 9.17) is 9.47 Å². The van der Waals surface area contributed by atoms with Crippen molar-refractivity contribution >= 4 is 5.97 Å². The summed E-state index contributed by atoms with van der Waals surface area (Å²) in [6.45, 7) is 3.68. The summed E-state index contributed by atoms with van der Waals surface area (Å²) in [7, 11) is 1.31. The smallest absolute Gasteiger partial charge is 0.360 e. The van der Waals surface area contributed by atoms with E-state index in [-0.39, 0.29) is 5.69 Å². The Labute approximate surface area is 98.6 Å². The van der Waals surface area contributed by atoms with Gasteiger partial charge < -0.3 is 14.2 Å². The molecule has 0 unspecified atom stereocenters. The number of carbonyl (C=O) groups is 1. The molecular weight excluding hydrogens is 226 g/mol. The first-order valence-corrected chi connectivity index (χ1v) is 5.39. The Morgan fingerprint density at radius 1 is 1.59 bits per heavy atom. The number of ether oxygens (including phenoxy) is 3. The van der Waals surface area contributed by atoms with Crippen LogP contribution in [-0.4, -0.2) is 47.1 Å². The SMILES string of the molecule is COC(=O)c1cn(CCC2(C)OCCO2)nn1. The number of nitrogens with zero attached hydrogens (tertiary/aromatic N) is 3. The fourth-order valence-corrected chi connectivity index (χ4v) is 1.62. The van der Waals surface area contributed by atoms with E-state index in [0.717, 1.165) is 0 Å². The minimum atomic E-state index is -0.558. The van der Waals surface area contributed by atoms with Crippen molar-refractivity contribution in [2.45, 2.75) is 25.7 Å². The summed E-state index contributed by atoms with van der Waals surface area (Å²) in [5.41, 5.74) is 0.200. The van der Waals surface area contributed by atoms with Crippen LogP contribution in [0.5, 0.6) is 0 Å².